The average Bonchev–Trinajstić information content (AvgIpc) is 3.02. The predicted molar refractivity (Wildman–Crippen MR) is 117 cm³/mol. The summed E-state index contributed by atoms with van der Waals surface area (Å²) in [5.74, 6) is 2.23. The van der Waals surface area contributed by atoms with E-state index in [0.29, 0.717) is 12.0 Å². The first-order chi connectivity index (χ1) is 11.4. The minimum Gasteiger partial charge on any atom is -0.377 e. The van der Waals surface area contributed by atoms with E-state index in [4.69, 9.17) is 4.74 Å². The van der Waals surface area contributed by atoms with Crippen molar-refractivity contribution in [1.82, 2.24) is 15.5 Å². The number of hydrogen-bond acceptors (Lipinski definition) is 3. The van der Waals surface area contributed by atoms with Crippen molar-refractivity contribution in [2.24, 2.45) is 22.2 Å². The number of halogens is 1. The highest BCUT2D eigenvalue weighted by Gasteiger charge is 2.35. The van der Waals surface area contributed by atoms with Crippen molar-refractivity contribution in [2.45, 2.75) is 53.1 Å². The molecule has 2 saturated heterocycles. The van der Waals surface area contributed by atoms with Gasteiger partial charge in [-0.3, -0.25) is 4.99 Å². The van der Waals surface area contributed by atoms with Gasteiger partial charge in [-0.15, -0.1) is 24.0 Å². The Hall–Kier alpha value is -0.0800. The Balaban J connectivity index is 0.00000312. The summed E-state index contributed by atoms with van der Waals surface area (Å²) in [6, 6.07) is 0. The maximum Gasteiger partial charge on any atom is 0.190 e. The molecule has 0 aromatic rings. The van der Waals surface area contributed by atoms with Crippen molar-refractivity contribution < 1.29 is 4.74 Å². The first-order valence-electron chi connectivity index (χ1n) is 9.72. The van der Waals surface area contributed by atoms with Crippen molar-refractivity contribution in [3.8, 4) is 0 Å². The number of aliphatic imine (C=N–C) groups is 1. The summed E-state index contributed by atoms with van der Waals surface area (Å²) >= 11 is 0. The smallest absolute Gasteiger partial charge is 0.190 e. The molecule has 0 aromatic heterocycles. The fraction of sp³-hybridized carbons (Fsp3) is 0.947. The number of ether oxygens (including phenoxy) is 1. The fourth-order valence-electron chi connectivity index (χ4n) is 4.07. The lowest BCUT2D eigenvalue weighted by Gasteiger charge is -2.40. The Labute approximate surface area is 171 Å². The van der Waals surface area contributed by atoms with Crippen LogP contribution in [0.15, 0.2) is 4.99 Å². The molecule has 6 heteroatoms. The summed E-state index contributed by atoms with van der Waals surface area (Å²) in [6.45, 7) is 15.6. The monoisotopic (exact) mass is 466 g/mol. The first-order valence-corrected chi connectivity index (χ1v) is 9.72. The Morgan fingerprint density at radius 1 is 1.20 bits per heavy atom. The van der Waals surface area contributed by atoms with E-state index in [1.807, 2.05) is 7.05 Å². The second kappa shape index (κ2) is 10.9. The average molecular weight is 466 g/mol. The zero-order valence-electron chi connectivity index (χ0n) is 16.8. The van der Waals surface area contributed by atoms with Gasteiger partial charge in [0.2, 0.25) is 0 Å². The van der Waals surface area contributed by atoms with Crippen LogP contribution in [0, 0.1) is 17.3 Å². The van der Waals surface area contributed by atoms with Crippen LogP contribution in [0.2, 0.25) is 0 Å². The molecule has 0 radical (unpaired) electrons. The number of guanidine groups is 1. The van der Waals surface area contributed by atoms with Crippen LogP contribution < -0.4 is 10.6 Å². The Kier molecular flexibility index (Phi) is 10.0. The van der Waals surface area contributed by atoms with E-state index in [2.05, 4.69) is 48.2 Å². The Morgan fingerprint density at radius 2 is 1.92 bits per heavy atom. The second-order valence-electron chi connectivity index (χ2n) is 8.44. The highest BCUT2D eigenvalue weighted by Crippen LogP contribution is 2.33. The van der Waals surface area contributed by atoms with Gasteiger partial charge in [0.1, 0.15) is 0 Å². The largest absolute Gasteiger partial charge is 0.377 e. The third kappa shape index (κ3) is 7.21. The quantitative estimate of drug-likeness (QED) is 0.372. The summed E-state index contributed by atoms with van der Waals surface area (Å²) in [5.41, 5.74) is 0.192. The molecule has 3 unspecified atom stereocenters. The summed E-state index contributed by atoms with van der Waals surface area (Å²) in [5, 5.41) is 7.06. The van der Waals surface area contributed by atoms with Crippen molar-refractivity contribution >= 4 is 29.9 Å². The second-order valence-corrected chi connectivity index (χ2v) is 8.44. The SMILES string of the molecule is CCN1CCC(CNC(=NC)NCC2CCCOC2C(C)(C)C)C1.I. The molecule has 148 valence electrons. The van der Waals surface area contributed by atoms with Crippen molar-refractivity contribution in [2.75, 3.05) is 46.4 Å². The van der Waals surface area contributed by atoms with Crippen molar-refractivity contribution in [1.29, 1.82) is 0 Å². The normalized spacial score (nSPS) is 28.5. The molecule has 2 N–H and O–H groups in total. The summed E-state index contributed by atoms with van der Waals surface area (Å²) < 4.78 is 6.08. The molecular weight excluding hydrogens is 427 g/mol. The lowest BCUT2D eigenvalue weighted by atomic mass is 9.78. The highest BCUT2D eigenvalue weighted by molar-refractivity contribution is 14.0. The third-order valence-electron chi connectivity index (χ3n) is 5.43. The Morgan fingerprint density at radius 3 is 2.52 bits per heavy atom. The van der Waals surface area contributed by atoms with Gasteiger partial charge < -0.3 is 20.3 Å². The zero-order valence-corrected chi connectivity index (χ0v) is 19.1. The standard InChI is InChI=1S/C19H38N4O.HI/c1-6-23-10-9-15(14-23)12-21-18(20-5)22-13-16-8-7-11-24-17(16)19(2,3)4;/h15-17H,6-14H2,1-5H3,(H2,20,21,22);1H. The van der Waals surface area contributed by atoms with E-state index in [1.54, 1.807) is 0 Å². The fourth-order valence-corrected chi connectivity index (χ4v) is 4.07. The molecule has 2 fully saturated rings. The molecule has 3 atom stereocenters. The predicted octanol–water partition coefficient (Wildman–Crippen LogP) is 2.95. The van der Waals surface area contributed by atoms with E-state index in [0.717, 1.165) is 31.6 Å². The van der Waals surface area contributed by atoms with E-state index in [1.165, 1.54) is 38.9 Å². The van der Waals surface area contributed by atoms with E-state index >= 15 is 0 Å². The summed E-state index contributed by atoms with van der Waals surface area (Å²) in [7, 11) is 1.86. The van der Waals surface area contributed by atoms with Gasteiger partial charge in [0, 0.05) is 39.2 Å². The van der Waals surface area contributed by atoms with E-state index < -0.39 is 0 Å². The molecule has 0 aliphatic carbocycles. The number of rotatable bonds is 5. The lowest BCUT2D eigenvalue weighted by molar-refractivity contribution is -0.0835. The van der Waals surface area contributed by atoms with Crippen LogP contribution in [0.5, 0.6) is 0 Å². The summed E-state index contributed by atoms with van der Waals surface area (Å²) in [4.78, 5) is 6.92. The highest BCUT2D eigenvalue weighted by atomic mass is 127. The van der Waals surface area contributed by atoms with E-state index in [9.17, 15) is 0 Å². The molecule has 0 spiro atoms. The molecule has 2 rings (SSSR count). The van der Waals surface area contributed by atoms with Crippen LogP contribution in [-0.4, -0.2) is 63.3 Å². The van der Waals surface area contributed by atoms with Gasteiger partial charge in [-0.1, -0.05) is 27.7 Å². The van der Waals surface area contributed by atoms with Crippen LogP contribution in [0.4, 0.5) is 0 Å². The van der Waals surface area contributed by atoms with Crippen LogP contribution in [0.3, 0.4) is 0 Å². The maximum absolute atomic E-state index is 6.08. The molecular formula is C19H39IN4O. The number of nitrogens with one attached hydrogen (secondary N) is 2. The third-order valence-corrected chi connectivity index (χ3v) is 5.43. The maximum atomic E-state index is 6.08. The Bertz CT molecular complexity index is 411. The van der Waals surface area contributed by atoms with Crippen LogP contribution in [0.1, 0.15) is 47.0 Å². The van der Waals surface area contributed by atoms with Gasteiger partial charge >= 0.3 is 0 Å². The number of hydrogen-bond donors (Lipinski definition) is 2. The molecule has 0 amide bonds. The summed E-state index contributed by atoms with van der Waals surface area (Å²) in [6.07, 6.45) is 4.02. The molecule has 0 bridgehead atoms. The number of likely N-dealkylation sites (tertiary alicyclic amines) is 1. The van der Waals surface area contributed by atoms with Gasteiger partial charge in [-0.2, -0.15) is 0 Å². The molecule has 5 nitrogen and oxygen atoms in total. The van der Waals surface area contributed by atoms with Crippen LogP contribution >= 0.6 is 24.0 Å². The molecule has 2 aliphatic rings. The first kappa shape index (κ1) is 23.0. The van der Waals surface area contributed by atoms with Gasteiger partial charge in [0.15, 0.2) is 5.96 Å². The van der Waals surface area contributed by atoms with Crippen molar-refractivity contribution in [3.05, 3.63) is 0 Å². The van der Waals surface area contributed by atoms with Crippen LogP contribution in [0.25, 0.3) is 0 Å². The molecule has 0 saturated carbocycles. The van der Waals surface area contributed by atoms with Gasteiger partial charge in [0.25, 0.3) is 0 Å². The number of nitrogens with zero attached hydrogens (tertiary/aromatic N) is 2. The van der Waals surface area contributed by atoms with Gasteiger partial charge in [-0.25, -0.2) is 0 Å². The molecule has 0 aromatic carbocycles. The molecule has 2 aliphatic heterocycles. The molecule has 25 heavy (non-hydrogen) atoms. The van der Waals surface area contributed by atoms with Crippen LogP contribution in [-0.2, 0) is 4.74 Å². The lowest BCUT2D eigenvalue weighted by Crippen LogP contribution is -2.48. The topological polar surface area (TPSA) is 48.9 Å². The van der Waals surface area contributed by atoms with Gasteiger partial charge in [0.05, 0.1) is 6.10 Å². The van der Waals surface area contributed by atoms with E-state index in [-0.39, 0.29) is 29.4 Å². The molecule has 2 heterocycles. The van der Waals surface area contributed by atoms with Crippen molar-refractivity contribution in [3.63, 3.8) is 0 Å². The zero-order chi connectivity index (χ0) is 17.6. The minimum absolute atomic E-state index is 0. The minimum atomic E-state index is 0. The van der Waals surface area contributed by atoms with Gasteiger partial charge in [-0.05, 0) is 43.7 Å².